The standard InChI is InChI=1S/C25H20N4/c1-3-11-21-23-18(2)12-10-17-22(23)25(29-27-20-15-8-5-9-16-20)24(21)28-26-19-13-6-4-7-14-19/h1,4-17,26-27H,2H3/b21-11+,28-24+,29-25-. The summed E-state index contributed by atoms with van der Waals surface area (Å²) < 4.78 is 0. The third-order valence-corrected chi connectivity index (χ3v) is 4.65. The molecule has 29 heavy (non-hydrogen) atoms. The maximum absolute atomic E-state index is 5.64. The number of hydrogen-bond acceptors (Lipinski definition) is 4. The predicted molar refractivity (Wildman–Crippen MR) is 122 cm³/mol. The summed E-state index contributed by atoms with van der Waals surface area (Å²) in [6.45, 7) is 2.07. The molecule has 0 unspecified atom stereocenters. The Labute approximate surface area is 170 Å². The molecule has 4 heteroatoms. The van der Waals surface area contributed by atoms with Gasteiger partial charge in [0.2, 0.25) is 0 Å². The summed E-state index contributed by atoms with van der Waals surface area (Å²) in [4.78, 5) is 0. The molecular weight excluding hydrogens is 356 g/mol. The molecule has 0 saturated carbocycles. The smallest absolute Gasteiger partial charge is 0.120 e. The summed E-state index contributed by atoms with van der Waals surface area (Å²) in [5.41, 5.74) is 13.6. The molecule has 0 aromatic heterocycles. The van der Waals surface area contributed by atoms with Crippen LogP contribution in [-0.4, -0.2) is 11.4 Å². The molecule has 3 aromatic carbocycles. The Balaban J connectivity index is 1.81. The van der Waals surface area contributed by atoms with Crippen molar-refractivity contribution in [3.05, 3.63) is 102 Å². The van der Waals surface area contributed by atoms with Crippen molar-refractivity contribution in [2.75, 3.05) is 10.9 Å². The van der Waals surface area contributed by atoms with Crippen LogP contribution in [0.1, 0.15) is 16.7 Å². The quantitative estimate of drug-likeness (QED) is 0.479. The van der Waals surface area contributed by atoms with E-state index in [1.165, 1.54) is 0 Å². The van der Waals surface area contributed by atoms with Crippen molar-refractivity contribution < 1.29 is 0 Å². The van der Waals surface area contributed by atoms with Crippen LogP contribution < -0.4 is 10.9 Å². The number of anilines is 2. The van der Waals surface area contributed by atoms with Gasteiger partial charge in [-0.1, -0.05) is 60.5 Å². The van der Waals surface area contributed by atoms with Gasteiger partial charge in [-0.15, -0.1) is 6.42 Å². The maximum atomic E-state index is 5.64. The molecule has 0 heterocycles. The van der Waals surface area contributed by atoms with E-state index in [-0.39, 0.29) is 0 Å². The van der Waals surface area contributed by atoms with E-state index >= 15 is 0 Å². The molecule has 140 valence electrons. The zero-order valence-electron chi connectivity index (χ0n) is 16.1. The van der Waals surface area contributed by atoms with E-state index in [2.05, 4.69) is 40.0 Å². The predicted octanol–water partition coefficient (Wildman–Crippen LogP) is 5.31. The fourth-order valence-corrected chi connectivity index (χ4v) is 3.31. The van der Waals surface area contributed by atoms with E-state index < -0.39 is 0 Å². The Bertz CT molecular complexity index is 1150. The average molecular weight is 376 g/mol. The van der Waals surface area contributed by atoms with Gasteiger partial charge in [-0.05, 0) is 48.4 Å². The summed E-state index contributed by atoms with van der Waals surface area (Å²) in [5, 5.41) is 9.36. The number of fused-ring (bicyclic) bond motifs is 1. The van der Waals surface area contributed by atoms with E-state index in [1.807, 2.05) is 72.8 Å². The molecule has 3 aromatic rings. The highest BCUT2D eigenvalue weighted by Gasteiger charge is 2.31. The first kappa shape index (κ1) is 18.3. The number of terminal acetylenes is 1. The van der Waals surface area contributed by atoms with Gasteiger partial charge in [0, 0.05) is 11.1 Å². The van der Waals surface area contributed by atoms with Crippen molar-refractivity contribution >= 4 is 28.4 Å². The topological polar surface area (TPSA) is 48.8 Å². The number of allylic oxidation sites excluding steroid dienone is 2. The molecular formula is C25H20N4. The fourth-order valence-electron chi connectivity index (χ4n) is 3.31. The van der Waals surface area contributed by atoms with Gasteiger partial charge in [-0.25, -0.2) is 0 Å². The SMILES string of the molecule is C#C/C=C1C(=N\Nc2ccccc2)/C(=N\Nc2ccccc2)c2cccc(C)c2/1. The summed E-state index contributed by atoms with van der Waals surface area (Å²) in [5.74, 6) is 2.65. The first-order valence-electron chi connectivity index (χ1n) is 9.33. The number of rotatable bonds is 4. The average Bonchev–Trinajstić information content (AvgIpc) is 3.06. The van der Waals surface area contributed by atoms with E-state index in [1.54, 1.807) is 6.08 Å². The zero-order valence-corrected chi connectivity index (χ0v) is 16.1. The van der Waals surface area contributed by atoms with Crippen LogP contribution in [0.25, 0.3) is 5.57 Å². The summed E-state index contributed by atoms with van der Waals surface area (Å²) in [6.07, 6.45) is 7.39. The lowest BCUT2D eigenvalue weighted by Crippen LogP contribution is -2.13. The van der Waals surface area contributed by atoms with Crippen molar-refractivity contribution in [2.45, 2.75) is 6.92 Å². The monoisotopic (exact) mass is 376 g/mol. The first-order chi connectivity index (χ1) is 14.3. The number of benzene rings is 3. The second-order valence-corrected chi connectivity index (χ2v) is 6.60. The van der Waals surface area contributed by atoms with Gasteiger partial charge in [-0.2, -0.15) is 10.2 Å². The Kier molecular flexibility index (Phi) is 5.22. The normalized spacial score (nSPS) is 16.6. The van der Waals surface area contributed by atoms with Crippen LogP contribution in [0.5, 0.6) is 0 Å². The third-order valence-electron chi connectivity index (χ3n) is 4.65. The molecule has 1 aliphatic carbocycles. The zero-order chi connectivity index (χ0) is 20.1. The number of para-hydroxylation sites is 2. The second kappa shape index (κ2) is 8.28. The number of hydrogen-bond donors (Lipinski definition) is 2. The molecule has 4 nitrogen and oxygen atoms in total. The lowest BCUT2D eigenvalue weighted by atomic mass is 10.0. The lowest BCUT2D eigenvalue weighted by molar-refractivity contribution is 1.32. The number of nitrogens with one attached hydrogen (secondary N) is 2. The van der Waals surface area contributed by atoms with Crippen LogP contribution in [0.15, 0.2) is 95.1 Å². The van der Waals surface area contributed by atoms with E-state index in [9.17, 15) is 0 Å². The number of aryl methyl sites for hydroxylation is 1. The molecule has 0 bridgehead atoms. The molecule has 0 atom stereocenters. The van der Waals surface area contributed by atoms with Gasteiger partial charge in [0.15, 0.2) is 0 Å². The highest BCUT2D eigenvalue weighted by Crippen LogP contribution is 2.33. The molecule has 4 rings (SSSR count). The molecule has 0 spiro atoms. The van der Waals surface area contributed by atoms with Gasteiger partial charge < -0.3 is 0 Å². The van der Waals surface area contributed by atoms with Crippen LogP contribution >= 0.6 is 0 Å². The Morgan fingerprint density at radius 1 is 0.759 bits per heavy atom. The summed E-state index contributed by atoms with van der Waals surface area (Å²) in [6, 6.07) is 25.8. The molecule has 2 N–H and O–H groups in total. The van der Waals surface area contributed by atoms with Crippen molar-refractivity contribution in [3.8, 4) is 12.3 Å². The highest BCUT2D eigenvalue weighted by molar-refractivity contribution is 6.67. The molecule has 0 amide bonds. The van der Waals surface area contributed by atoms with E-state index in [0.29, 0.717) is 5.71 Å². The Morgan fingerprint density at radius 2 is 1.34 bits per heavy atom. The van der Waals surface area contributed by atoms with Crippen molar-refractivity contribution in [1.82, 2.24) is 0 Å². The van der Waals surface area contributed by atoms with Crippen molar-refractivity contribution in [1.29, 1.82) is 0 Å². The Hall–Kier alpha value is -4.10. The third kappa shape index (κ3) is 3.80. The summed E-state index contributed by atoms with van der Waals surface area (Å²) >= 11 is 0. The van der Waals surface area contributed by atoms with Crippen LogP contribution in [-0.2, 0) is 0 Å². The van der Waals surface area contributed by atoms with Gasteiger partial charge in [0.25, 0.3) is 0 Å². The van der Waals surface area contributed by atoms with Crippen LogP contribution in [0.4, 0.5) is 11.4 Å². The van der Waals surface area contributed by atoms with E-state index in [0.717, 1.165) is 39.3 Å². The van der Waals surface area contributed by atoms with Crippen LogP contribution in [0.2, 0.25) is 0 Å². The minimum Gasteiger partial charge on any atom is -0.278 e. The molecule has 0 saturated heterocycles. The Morgan fingerprint density at radius 3 is 1.93 bits per heavy atom. The van der Waals surface area contributed by atoms with E-state index in [4.69, 9.17) is 6.42 Å². The van der Waals surface area contributed by atoms with Crippen molar-refractivity contribution in [3.63, 3.8) is 0 Å². The maximum Gasteiger partial charge on any atom is 0.120 e. The minimum atomic E-state index is 0.708. The van der Waals surface area contributed by atoms with Crippen molar-refractivity contribution in [2.24, 2.45) is 10.2 Å². The number of nitrogens with zero attached hydrogens (tertiary/aromatic N) is 2. The van der Waals surface area contributed by atoms with Crippen LogP contribution in [0.3, 0.4) is 0 Å². The molecule has 0 radical (unpaired) electrons. The molecule has 0 aliphatic heterocycles. The molecule has 1 aliphatic rings. The minimum absolute atomic E-state index is 0.708. The van der Waals surface area contributed by atoms with Gasteiger partial charge in [0.05, 0.1) is 11.4 Å². The van der Waals surface area contributed by atoms with Gasteiger partial charge in [0.1, 0.15) is 11.4 Å². The first-order valence-corrected chi connectivity index (χ1v) is 9.33. The molecule has 0 fully saturated rings. The lowest BCUT2D eigenvalue weighted by Gasteiger charge is -2.06. The second-order valence-electron chi connectivity index (χ2n) is 6.60. The van der Waals surface area contributed by atoms with Gasteiger partial charge in [-0.3, -0.25) is 10.9 Å². The number of hydrazone groups is 2. The highest BCUT2D eigenvalue weighted by atomic mass is 15.3. The van der Waals surface area contributed by atoms with Gasteiger partial charge >= 0.3 is 0 Å². The largest absolute Gasteiger partial charge is 0.278 e. The fraction of sp³-hybridized carbons (Fsp3) is 0.0400. The van der Waals surface area contributed by atoms with Crippen LogP contribution in [0, 0.1) is 19.3 Å². The summed E-state index contributed by atoms with van der Waals surface area (Å²) in [7, 11) is 0.